The lowest BCUT2D eigenvalue weighted by molar-refractivity contribution is -0.164. The molecule has 1 N–H and O–H groups in total. The summed E-state index contributed by atoms with van der Waals surface area (Å²) in [5.41, 5.74) is 1.47. The number of nitrogens with zero attached hydrogens (tertiary/aromatic N) is 2. The first-order valence-electron chi connectivity index (χ1n) is 12.1. The molecule has 1 aliphatic heterocycles. The number of amides is 1. The molecule has 1 aliphatic carbocycles. The predicted octanol–water partition coefficient (Wildman–Crippen LogP) is 5.24. The quantitative estimate of drug-likeness (QED) is 0.556. The Labute approximate surface area is 212 Å². The molecule has 1 saturated carbocycles. The Kier molecular flexibility index (Phi) is 6.83. The maximum atomic E-state index is 13.1. The molecular formula is C28H32ClN3O3. The fourth-order valence-electron chi connectivity index (χ4n) is 5.93. The third kappa shape index (κ3) is 4.75. The number of piperidine rings is 1. The zero-order valence-electron chi connectivity index (χ0n) is 20.7. The Morgan fingerprint density at radius 3 is 2.29 bits per heavy atom. The van der Waals surface area contributed by atoms with Gasteiger partial charge in [0.05, 0.1) is 10.6 Å². The van der Waals surface area contributed by atoms with Gasteiger partial charge in [0.1, 0.15) is 24.2 Å². The van der Waals surface area contributed by atoms with Crippen LogP contribution in [0.15, 0.2) is 42.5 Å². The second-order valence-electron chi connectivity index (χ2n) is 10.8. The van der Waals surface area contributed by atoms with Gasteiger partial charge in [-0.05, 0) is 49.2 Å². The fraction of sp³-hybridized carbons (Fsp3) is 0.464. The van der Waals surface area contributed by atoms with Crippen molar-refractivity contribution in [2.75, 3.05) is 18.0 Å². The molecule has 0 bridgehead atoms. The summed E-state index contributed by atoms with van der Waals surface area (Å²) < 4.78 is 6.30. The van der Waals surface area contributed by atoms with E-state index in [-0.39, 0.29) is 34.8 Å². The Morgan fingerprint density at radius 1 is 1.11 bits per heavy atom. The van der Waals surface area contributed by atoms with Crippen LogP contribution in [0.2, 0.25) is 5.02 Å². The van der Waals surface area contributed by atoms with Gasteiger partial charge in [-0.1, -0.05) is 39.3 Å². The molecular weight excluding hydrogens is 462 g/mol. The van der Waals surface area contributed by atoms with Crippen LogP contribution in [0.3, 0.4) is 0 Å². The van der Waals surface area contributed by atoms with Crippen LogP contribution in [-0.4, -0.2) is 37.4 Å². The molecule has 35 heavy (non-hydrogen) atoms. The van der Waals surface area contributed by atoms with Crippen LogP contribution in [0.25, 0.3) is 0 Å². The Morgan fingerprint density at radius 2 is 1.74 bits per heavy atom. The summed E-state index contributed by atoms with van der Waals surface area (Å²) in [6.45, 7) is 10.1. The number of halogens is 1. The van der Waals surface area contributed by atoms with E-state index in [1.165, 1.54) is 0 Å². The average molecular weight is 494 g/mol. The van der Waals surface area contributed by atoms with E-state index < -0.39 is 0 Å². The van der Waals surface area contributed by atoms with Gasteiger partial charge in [-0.15, -0.1) is 0 Å². The largest absolute Gasteiger partial charge is 0.489 e. The topological polar surface area (TPSA) is 82.4 Å². The van der Waals surface area contributed by atoms with Gasteiger partial charge in [0.2, 0.25) is 0 Å². The summed E-state index contributed by atoms with van der Waals surface area (Å²) in [4.78, 5) is 26.4. The van der Waals surface area contributed by atoms with E-state index in [9.17, 15) is 9.59 Å². The van der Waals surface area contributed by atoms with E-state index >= 15 is 0 Å². The molecule has 2 fully saturated rings. The Bertz CT molecular complexity index is 1130. The number of rotatable bonds is 6. The first-order valence-corrected chi connectivity index (χ1v) is 12.4. The number of hydrogen-bond acceptors (Lipinski definition) is 5. The highest BCUT2D eigenvalue weighted by molar-refractivity contribution is 6.31. The molecule has 6 nitrogen and oxygen atoms in total. The van der Waals surface area contributed by atoms with Gasteiger partial charge in [-0.3, -0.25) is 4.79 Å². The summed E-state index contributed by atoms with van der Waals surface area (Å²) in [7, 11) is 0. The number of anilines is 1. The first kappa shape index (κ1) is 25.1. The van der Waals surface area contributed by atoms with Gasteiger partial charge in [0.25, 0.3) is 5.91 Å². The maximum absolute atomic E-state index is 13.1. The van der Waals surface area contributed by atoms with Gasteiger partial charge < -0.3 is 19.7 Å². The molecule has 1 amide bonds. The van der Waals surface area contributed by atoms with Crippen LogP contribution in [-0.2, 0) is 4.79 Å². The van der Waals surface area contributed by atoms with Crippen LogP contribution in [0.5, 0.6) is 5.75 Å². The number of hydrogen-bond donors (Lipinski definition) is 1. The molecule has 1 saturated heterocycles. The molecule has 7 heteroatoms. The minimum Gasteiger partial charge on any atom is -0.489 e. The van der Waals surface area contributed by atoms with Crippen molar-refractivity contribution in [3.63, 3.8) is 0 Å². The van der Waals surface area contributed by atoms with E-state index in [1.807, 2.05) is 24.3 Å². The van der Waals surface area contributed by atoms with Gasteiger partial charge in [0.15, 0.2) is 0 Å². The lowest BCUT2D eigenvalue weighted by atomic mass is 9.49. The number of benzene rings is 2. The van der Waals surface area contributed by atoms with Crippen molar-refractivity contribution in [3.8, 4) is 11.8 Å². The van der Waals surface area contributed by atoms with Gasteiger partial charge in [-0.2, -0.15) is 5.26 Å². The van der Waals surface area contributed by atoms with E-state index in [2.05, 4.69) is 44.0 Å². The number of carbonyl (C=O) groups excluding carboxylic acids is 2. The van der Waals surface area contributed by atoms with Crippen molar-refractivity contribution in [3.05, 3.63) is 58.6 Å². The van der Waals surface area contributed by atoms with Crippen molar-refractivity contribution < 1.29 is 14.3 Å². The molecule has 4 rings (SSSR count). The number of carbonyl (C=O) groups is 2. The van der Waals surface area contributed by atoms with Gasteiger partial charge in [0, 0.05) is 53.2 Å². The molecule has 0 radical (unpaired) electrons. The minimum atomic E-state index is -0.317. The monoisotopic (exact) mass is 493 g/mol. The molecule has 0 unspecified atom stereocenters. The third-order valence-electron chi connectivity index (χ3n) is 7.66. The summed E-state index contributed by atoms with van der Waals surface area (Å²) in [6, 6.07) is 14.7. The predicted molar refractivity (Wildman–Crippen MR) is 137 cm³/mol. The molecule has 0 aromatic heterocycles. The summed E-state index contributed by atoms with van der Waals surface area (Å²) in [6.07, 6.45) is 2.65. The lowest BCUT2D eigenvalue weighted by Gasteiger charge is -2.63. The number of ether oxygens (including phenoxy) is 1. The standard InChI is InChI=1S/C28H32ClN3O3/c1-27(2)25(28(3,4)26(27)35-22-10-7-20(16-30)23(29)15-22)31-24(34)19-5-8-21(9-6-19)32-13-11-18(17-33)12-14-32/h5-10,15,17-18,25-26H,11-14H2,1-4H3,(H,31,34)/t25-,26-. The lowest BCUT2D eigenvalue weighted by Crippen LogP contribution is -2.74. The highest BCUT2D eigenvalue weighted by Crippen LogP contribution is 2.55. The summed E-state index contributed by atoms with van der Waals surface area (Å²) in [5, 5.41) is 12.7. The van der Waals surface area contributed by atoms with Gasteiger partial charge in [-0.25, -0.2) is 0 Å². The number of nitrogens with one attached hydrogen (secondary N) is 1. The summed E-state index contributed by atoms with van der Waals surface area (Å²) in [5.74, 6) is 0.659. The summed E-state index contributed by atoms with van der Waals surface area (Å²) >= 11 is 6.18. The van der Waals surface area contributed by atoms with Crippen molar-refractivity contribution >= 4 is 29.5 Å². The second-order valence-corrected chi connectivity index (χ2v) is 11.2. The molecule has 1 heterocycles. The zero-order chi connectivity index (χ0) is 25.4. The SMILES string of the molecule is CC1(C)[C@H](NC(=O)c2ccc(N3CCC(C=O)CC3)cc2)C(C)(C)[C@H]1Oc1ccc(C#N)c(Cl)c1. The van der Waals surface area contributed by atoms with E-state index in [0.29, 0.717) is 21.9 Å². The second kappa shape index (κ2) is 9.54. The molecule has 2 aromatic rings. The van der Waals surface area contributed by atoms with Crippen molar-refractivity contribution in [1.29, 1.82) is 5.26 Å². The van der Waals surface area contributed by atoms with E-state index in [4.69, 9.17) is 21.6 Å². The molecule has 2 aromatic carbocycles. The highest BCUT2D eigenvalue weighted by Gasteiger charge is 2.64. The Balaban J connectivity index is 1.41. The van der Waals surface area contributed by atoms with Crippen molar-refractivity contribution in [2.45, 2.75) is 52.7 Å². The number of aldehydes is 1. The molecule has 184 valence electrons. The smallest absolute Gasteiger partial charge is 0.251 e. The normalized spacial score (nSPS) is 23.0. The number of nitriles is 1. The first-order chi connectivity index (χ1) is 16.6. The highest BCUT2D eigenvalue weighted by atomic mass is 35.5. The molecule has 0 spiro atoms. The molecule has 2 aliphatic rings. The zero-order valence-corrected chi connectivity index (χ0v) is 21.4. The Hall–Kier alpha value is -3.04. The van der Waals surface area contributed by atoms with Crippen LogP contribution < -0.4 is 15.0 Å². The molecule has 0 atom stereocenters. The fourth-order valence-corrected chi connectivity index (χ4v) is 6.14. The van der Waals surface area contributed by atoms with E-state index in [0.717, 1.165) is 37.9 Å². The van der Waals surface area contributed by atoms with Crippen LogP contribution >= 0.6 is 11.6 Å². The van der Waals surface area contributed by atoms with Gasteiger partial charge >= 0.3 is 0 Å². The van der Waals surface area contributed by atoms with Crippen molar-refractivity contribution in [1.82, 2.24) is 5.32 Å². The van der Waals surface area contributed by atoms with Crippen LogP contribution in [0.1, 0.15) is 56.5 Å². The maximum Gasteiger partial charge on any atom is 0.251 e. The van der Waals surface area contributed by atoms with Crippen LogP contribution in [0, 0.1) is 28.1 Å². The minimum absolute atomic E-state index is 0.0941. The van der Waals surface area contributed by atoms with Crippen molar-refractivity contribution in [2.24, 2.45) is 16.7 Å². The third-order valence-corrected chi connectivity index (χ3v) is 7.97. The average Bonchev–Trinajstić information content (AvgIpc) is 2.85. The van der Waals surface area contributed by atoms with Crippen LogP contribution in [0.4, 0.5) is 5.69 Å². The van der Waals surface area contributed by atoms with E-state index in [1.54, 1.807) is 18.2 Å².